The number of nitrogens with one attached hydrogen (secondary N) is 1. The van der Waals surface area contributed by atoms with Crippen molar-refractivity contribution in [2.45, 2.75) is 25.3 Å². The third kappa shape index (κ3) is 2.96. The maximum absolute atomic E-state index is 12.0. The Bertz CT molecular complexity index is 575. The van der Waals surface area contributed by atoms with Gasteiger partial charge in [0.05, 0.1) is 6.54 Å². The highest BCUT2D eigenvalue weighted by atomic mass is 32.1. The molecule has 18 heavy (non-hydrogen) atoms. The molecule has 0 radical (unpaired) electrons. The molecule has 1 N–H and O–H groups in total. The maximum Gasteiger partial charge on any atom is 0.251 e. The van der Waals surface area contributed by atoms with Gasteiger partial charge in [-0.3, -0.25) is 4.79 Å². The molecule has 2 rings (SSSR count). The number of rotatable bonds is 3. The summed E-state index contributed by atoms with van der Waals surface area (Å²) in [4.78, 5) is 12.8. The first kappa shape index (κ1) is 12.8. The van der Waals surface area contributed by atoms with Crippen LogP contribution in [0.2, 0.25) is 0 Å². The second-order valence-electron chi connectivity index (χ2n) is 4.19. The van der Waals surface area contributed by atoms with Crippen LogP contribution in [0.4, 0.5) is 0 Å². The molecular formula is C14H15NO2S. The maximum atomic E-state index is 12.0. The van der Waals surface area contributed by atoms with Crippen molar-refractivity contribution in [2.75, 3.05) is 0 Å². The fourth-order valence-corrected chi connectivity index (χ4v) is 1.90. The molecule has 0 aliphatic heterocycles. The summed E-state index contributed by atoms with van der Waals surface area (Å²) >= 11 is 4.24. The molecule has 0 saturated heterocycles. The smallest absolute Gasteiger partial charge is 0.251 e. The average molecular weight is 261 g/mol. The summed E-state index contributed by atoms with van der Waals surface area (Å²) in [5, 5.41) is 2.83. The summed E-state index contributed by atoms with van der Waals surface area (Å²) in [6.07, 6.45) is 0. The number of benzene rings is 1. The summed E-state index contributed by atoms with van der Waals surface area (Å²) < 4.78 is 5.39. The normalized spacial score (nSPS) is 10.4. The fourth-order valence-electron chi connectivity index (χ4n) is 1.70. The molecule has 0 saturated carbocycles. The second-order valence-corrected chi connectivity index (χ2v) is 4.71. The number of aryl methyl sites for hydroxylation is 2. The zero-order valence-electron chi connectivity index (χ0n) is 10.4. The zero-order valence-corrected chi connectivity index (χ0v) is 11.3. The van der Waals surface area contributed by atoms with Crippen LogP contribution in [0.3, 0.4) is 0 Å². The molecule has 4 heteroatoms. The van der Waals surface area contributed by atoms with Gasteiger partial charge in [0.25, 0.3) is 5.91 Å². The summed E-state index contributed by atoms with van der Waals surface area (Å²) in [6.45, 7) is 4.17. The van der Waals surface area contributed by atoms with Gasteiger partial charge in [0.1, 0.15) is 11.5 Å². The Morgan fingerprint density at radius 2 is 2.06 bits per heavy atom. The minimum atomic E-state index is -0.113. The van der Waals surface area contributed by atoms with Crippen LogP contribution >= 0.6 is 12.6 Å². The van der Waals surface area contributed by atoms with Crippen LogP contribution < -0.4 is 5.32 Å². The minimum absolute atomic E-state index is 0.113. The molecule has 1 aromatic carbocycles. The highest BCUT2D eigenvalue weighted by Gasteiger charge is 2.09. The monoisotopic (exact) mass is 261 g/mol. The predicted octanol–water partition coefficient (Wildman–Crippen LogP) is 3.12. The topological polar surface area (TPSA) is 42.2 Å². The number of thiol groups is 1. The standard InChI is InChI=1S/C14H15NO2S/c1-9-3-6-12(18)7-13(9)14(16)15-8-11-5-4-10(2)17-11/h3-7,18H,8H2,1-2H3,(H,15,16). The van der Waals surface area contributed by atoms with Gasteiger partial charge in [-0.05, 0) is 43.7 Å². The van der Waals surface area contributed by atoms with E-state index in [1.165, 1.54) is 0 Å². The van der Waals surface area contributed by atoms with Crippen LogP contribution in [-0.4, -0.2) is 5.91 Å². The number of furan rings is 1. The number of carbonyl (C=O) groups excluding carboxylic acids is 1. The van der Waals surface area contributed by atoms with E-state index in [9.17, 15) is 4.79 Å². The number of amides is 1. The van der Waals surface area contributed by atoms with Crippen molar-refractivity contribution in [3.63, 3.8) is 0 Å². The van der Waals surface area contributed by atoms with E-state index in [1.807, 2.05) is 38.1 Å². The van der Waals surface area contributed by atoms with Crippen molar-refractivity contribution in [1.82, 2.24) is 5.32 Å². The molecule has 2 aromatic rings. The Labute approximate surface area is 112 Å². The molecule has 3 nitrogen and oxygen atoms in total. The van der Waals surface area contributed by atoms with Gasteiger partial charge in [0, 0.05) is 10.5 Å². The van der Waals surface area contributed by atoms with Crippen LogP contribution in [0.15, 0.2) is 39.6 Å². The Hall–Kier alpha value is -1.68. The van der Waals surface area contributed by atoms with E-state index in [2.05, 4.69) is 17.9 Å². The molecular weight excluding hydrogens is 246 g/mol. The Kier molecular flexibility index (Phi) is 3.77. The first-order valence-electron chi connectivity index (χ1n) is 5.69. The zero-order chi connectivity index (χ0) is 13.1. The third-order valence-corrected chi connectivity index (χ3v) is 2.96. The summed E-state index contributed by atoms with van der Waals surface area (Å²) in [6, 6.07) is 9.25. The van der Waals surface area contributed by atoms with Gasteiger partial charge in [-0.2, -0.15) is 0 Å². The molecule has 0 fully saturated rings. The third-order valence-electron chi connectivity index (χ3n) is 2.68. The van der Waals surface area contributed by atoms with Gasteiger partial charge >= 0.3 is 0 Å². The molecule has 0 unspecified atom stereocenters. The summed E-state index contributed by atoms with van der Waals surface area (Å²) in [5.41, 5.74) is 1.58. The van der Waals surface area contributed by atoms with E-state index >= 15 is 0 Å². The number of hydrogen-bond donors (Lipinski definition) is 2. The van der Waals surface area contributed by atoms with E-state index in [4.69, 9.17) is 4.42 Å². The van der Waals surface area contributed by atoms with Gasteiger partial charge in [0.2, 0.25) is 0 Å². The van der Waals surface area contributed by atoms with Crippen LogP contribution in [0.5, 0.6) is 0 Å². The summed E-state index contributed by atoms with van der Waals surface area (Å²) in [7, 11) is 0. The summed E-state index contributed by atoms with van der Waals surface area (Å²) in [5.74, 6) is 1.48. The molecule has 1 amide bonds. The van der Waals surface area contributed by atoms with Gasteiger partial charge in [-0.15, -0.1) is 12.6 Å². The number of carbonyl (C=O) groups is 1. The first-order chi connectivity index (χ1) is 8.56. The van der Waals surface area contributed by atoms with Crippen molar-refractivity contribution < 1.29 is 9.21 Å². The van der Waals surface area contributed by atoms with Gasteiger partial charge < -0.3 is 9.73 Å². The van der Waals surface area contributed by atoms with Crippen LogP contribution in [0, 0.1) is 13.8 Å². The highest BCUT2D eigenvalue weighted by Crippen LogP contribution is 2.14. The molecule has 0 bridgehead atoms. The lowest BCUT2D eigenvalue weighted by atomic mass is 10.1. The second kappa shape index (κ2) is 5.31. The van der Waals surface area contributed by atoms with Gasteiger partial charge in [-0.1, -0.05) is 6.07 Å². The van der Waals surface area contributed by atoms with Crippen LogP contribution in [-0.2, 0) is 6.54 Å². The lowest BCUT2D eigenvalue weighted by Gasteiger charge is -2.07. The largest absolute Gasteiger partial charge is 0.465 e. The molecule has 1 aromatic heterocycles. The molecule has 0 atom stereocenters. The van der Waals surface area contributed by atoms with E-state index in [0.717, 1.165) is 22.0 Å². The van der Waals surface area contributed by atoms with E-state index in [0.29, 0.717) is 12.1 Å². The first-order valence-corrected chi connectivity index (χ1v) is 6.14. The molecule has 0 spiro atoms. The van der Waals surface area contributed by atoms with Crippen molar-refractivity contribution >= 4 is 18.5 Å². The van der Waals surface area contributed by atoms with Crippen molar-refractivity contribution in [2.24, 2.45) is 0 Å². The highest BCUT2D eigenvalue weighted by molar-refractivity contribution is 7.80. The van der Waals surface area contributed by atoms with Gasteiger partial charge in [-0.25, -0.2) is 0 Å². The van der Waals surface area contributed by atoms with E-state index in [-0.39, 0.29) is 5.91 Å². The van der Waals surface area contributed by atoms with Gasteiger partial charge in [0.15, 0.2) is 0 Å². The number of hydrogen-bond acceptors (Lipinski definition) is 3. The van der Waals surface area contributed by atoms with E-state index < -0.39 is 0 Å². The molecule has 1 heterocycles. The van der Waals surface area contributed by atoms with Crippen molar-refractivity contribution in [3.8, 4) is 0 Å². The Morgan fingerprint density at radius 1 is 1.28 bits per heavy atom. The Balaban J connectivity index is 2.05. The van der Waals surface area contributed by atoms with E-state index in [1.54, 1.807) is 6.07 Å². The lowest BCUT2D eigenvalue weighted by Crippen LogP contribution is -2.23. The van der Waals surface area contributed by atoms with Crippen LogP contribution in [0.1, 0.15) is 27.4 Å². The molecule has 0 aliphatic carbocycles. The quantitative estimate of drug-likeness (QED) is 0.834. The van der Waals surface area contributed by atoms with Crippen LogP contribution in [0.25, 0.3) is 0 Å². The average Bonchev–Trinajstić information content (AvgIpc) is 2.75. The minimum Gasteiger partial charge on any atom is -0.465 e. The van der Waals surface area contributed by atoms with Crippen molar-refractivity contribution in [3.05, 3.63) is 53.0 Å². The van der Waals surface area contributed by atoms with Crippen molar-refractivity contribution in [1.29, 1.82) is 0 Å². The fraction of sp³-hybridized carbons (Fsp3) is 0.214. The lowest BCUT2D eigenvalue weighted by molar-refractivity contribution is 0.0947. The Morgan fingerprint density at radius 3 is 2.72 bits per heavy atom. The SMILES string of the molecule is Cc1ccc(CNC(=O)c2cc(S)ccc2C)o1. The predicted molar refractivity (Wildman–Crippen MR) is 73.0 cm³/mol. The molecule has 94 valence electrons. The molecule has 0 aliphatic rings.